The fourth-order valence-corrected chi connectivity index (χ4v) is 3.01. The molecule has 3 rings (SSSR count). The van der Waals surface area contributed by atoms with Crippen LogP contribution in [0.2, 0.25) is 10.0 Å². The smallest absolute Gasteiger partial charge is 0.123 e. The highest BCUT2D eigenvalue weighted by molar-refractivity contribution is 6.35. The molecule has 1 aliphatic heterocycles. The number of para-hydroxylation sites is 1. The summed E-state index contributed by atoms with van der Waals surface area (Å²) in [5, 5.41) is 1.29. The summed E-state index contributed by atoms with van der Waals surface area (Å²) in [5.74, 6) is 0.940. The highest BCUT2D eigenvalue weighted by Crippen LogP contribution is 2.30. The van der Waals surface area contributed by atoms with Gasteiger partial charge in [-0.1, -0.05) is 47.5 Å². The summed E-state index contributed by atoms with van der Waals surface area (Å²) >= 11 is 12.1. The summed E-state index contributed by atoms with van der Waals surface area (Å²) in [6.07, 6.45) is 1.52. The maximum absolute atomic E-state index is 6.28. The first-order chi connectivity index (χ1) is 9.63. The first-order valence-electron chi connectivity index (χ1n) is 6.57. The molecule has 2 N–H and O–H groups in total. The maximum atomic E-state index is 6.28. The molecule has 0 aliphatic carbocycles. The molecule has 0 radical (unpaired) electrons. The topological polar surface area (TPSA) is 35.2 Å². The number of halogens is 2. The van der Waals surface area contributed by atoms with Gasteiger partial charge in [0.25, 0.3) is 0 Å². The van der Waals surface area contributed by atoms with E-state index in [2.05, 4.69) is 6.07 Å². The lowest BCUT2D eigenvalue weighted by atomic mass is 9.99. The Kier molecular flexibility index (Phi) is 3.88. The van der Waals surface area contributed by atoms with Crippen molar-refractivity contribution in [2.24, 2.45) is 5.73 Å². The molecule has 1 aliphatic rings. The first-order valence-corrected chi connectivity index (χ1v) is 7.33. The van der Waals surface area contributed by atoms with E-state index < -0.39 is 0 Å². The zero-order valence-corrected chi connectivity index (χ0v) is 12.4. The predicted molar refractivity (Wildman–Crippen MR) is 82.7 cm³/mol. The molecule has 20 heavy (non-hydrogen) atoms. The summed E-state index contributed by atoms with van der Waals surface area (Å²) in [7, 11) is 0. The fourth-order valence-electron chi connectivity index (χ4n) is 2.52. The van der Waals surface area contributed by atoms with Crippen LogP contribution in [0.1, 0.15) is 11.1 Å². The fraction of sp³-hybridized carbons (Fsp3) is 0.250. The number of rotatable bonds is 3. The molecular weight excluding hydrogens is 293 g/mol. The van der Waals surface area contributed by atoms with Crippen LogP contribution < -0.4 is 10.5 Å². The van der Waals surface area contributed by atoms with Crippen LogP contribution in [0.3, 0.4) is 0 Å². The van der Waals surface area contributed by atoms with E-state index in [0.29, 0.717) is 16.5 Å². The summed E-state index contributed by atoms with van der Waals surface area (Å²) in [4.78, 5) is 0. The Hall–Kier alpha value is -1.22. The van der Waals surface area contributed by atoms with Gasteiger partial charge in [-0.25, -0.2) is 0 Å². The molecule has 0 amide bonds. The van der Waals surface area contributed by atoms with Gasteiger partial charge in [0.1, 0.15) is 11.9 Å². The van der Waals surface area contributed by atoms with Crippen LogP contribution >= 0.6 is 23.2 Å². The van der Waals surface area contributed by atoms with E-state index in [1.54, 1.807) is 6.07 Å². The Labute approximate surface area is 128 Å². The van der Waals surface area contributed by atoms with Crippen molar-refractivity contribution in [1.29, 1.82) is 0 Å². The first kappa shape index (κ1) is 13.7. The second-order valence-electron chi connectivity index (χ2n) is 5.07. The average molecular weight is 308 g/mol. The predicted octanol–water partition coefficient (Wildman–Crippen LogP) is 3.87. The molecule has 1 heterocycles. The summed E-state index contributed by atoms with van der Waals surface area (Å²) in [6, 6.07) is 13.5. The molecule has 2 atom stereocenters. The largest absolute Gasteiger partial charge is 0.488 e. The van der Waals surface area contributed by atoms with Gasteiger partial charge in [-0.15, -0.1) is 0 Å². The average Bonchev–Trinajstić information content (AvgIpc) is 2.86. The monoisotopic (exact) mass is 307 g/mol. The third-order valence-corrected chi connectivity index (χ3v) is 4.21. The molecule has 0 saturated carbocycles. The SMILES string of the molecule is NC(Cc1ccc(Cl)cc1Cl)C1Cc2ccccc2O1. The Morgan fingerprint density at radius 1 is 1.20 bits per heavy atom. The standard InChI is InChI=1S/C16H15Cl2NO/c17-12-6-5-10(13(18)9-12)7-14(19)16-8-11-3-1-2-4-15(11)20-16/h1-6,9,14,16H,7-8,19H2. The van der Waals surface area contributed by atoms with Crippen molar-refractivity contribution >= 4 is 23.2 Å². The van der Waals surface area contributed by atoms with Crippen LogP contribution in [-0.2, 0) is 12.8 Å². The van der Waals surface area contributed by atoms with Gasteiger partial charge in [0.15, 0.2) is 0 Å². The quantitative estimate of drug-likeness (QED) is 0.934. The van der Waals surface area contributed by atoms with Gasteiger partial charge in [0.05, 0.1) is 0 Å². The number of ether oxygens (including phenoxy) is 1. The lowest BCUT2D eigenvalue weighted by Gasteiger charge is -2.19. The molecule has 4 heteroatoms. The second-order valence-corrected chi connectivity index (χ2v) is 5.92. The number of hydrogen-bond acceptors (Lipinski definition) is 2. The Bertz CT molecular complexity index is 605. The van der Waals surface area contributed by atoms with E-state index in [1.807, 2.05) is 30.3 Å². The number of fused-ring (bicyclic) bond motifs is 1. The molecule has 0 aromatic heterocycles. The van der Waals surface area contributed by atoms with Crippen molar-refractivity contribution in [3.05, 3.63) is 63.6 Å². The Morgan fingerprint density at radius 2 is 2.00 bits per heavy atom. The van der Waals surface area contributed by atoms with Crippen molar-refractivity contribution in [3.8, 4) is 5.75 Å². The van der Waals surface area contributed by atoms with Crippen molar-refractivity contribution in [3.63, 3.8) is 0 Å². The minimum Gasteiger partial charge on any atom is -0.488 e. The molecule has 2 aromatic carbocycles. The van der Waals surface area contributed by atoms with E-state index in [9.17, 15) is 0 Å². The van der Waals surface area contributed by atoms with Crippen LogP contribution in [0, 0.1) is 0 Å². The van der Waals surface area contributed by atoms with Crippen molar-refractivity contribution in [1.82, 2.24) is 0 Å². The minimum absolute atomic E-state index is 0.000792. The van der Waals surface area contributed by atoms with Gasteiger partial charge in [-0.2, -0.15) is 0 Å². The highest BCUT2D eigenvalue weighted by Gasteiger charge is 2.28. The van der Waals surface area contributed by atoms with Gasteiger partial charge >= 0.3 is 0 Å². The lowest BCUT2D eigenvalue weighted by molar-refractivity contribution is 0.198. The van der Waals surface area contributed by atoms with E-state index in [-0.39, 0.29) is 12.1 Å². The molecule has 0 bridgehead atoms. The molecular formula is C16H15Cl2NO. The Balaban J connectivity index is 1.70. The van der Waals surface area contributed by atoms with Gasteiger partial charge in [0.2, 0.25) is 0 Å². The van der Waals surface area contributed by atoms with Gasteiger partial charge in [-0.05, 0) is 35.7 Å². The highest BCUT2D eigenvalue weighted by atomic mass is 35.5. The summed E-state index contributed by atoms with van der Waals surface area (Å²) in [5.41, 5.74) is 8.50. The van der Waals surface area contributed by atoms with Crippen LogP contribution in [0.5, 0.6) is 5.75 Å². The lowest BCUT2D eigenvalue weighted by Crippen LogP contribution is -2.39. The number of nitrogens with two attached hydrogens (primary N) is 1. The van der Waals surface area contributed by atoms with Crippen LogP contribution in [-0.4, -0.2) is 12.1 Å². The molecule has 0 saturated heterocycles. The van der Waals surface area contributed by atoms with Gasteiger partial charge in [-0.3, -0.25) is 0 Å². The van der Waals surface area contributed by atoms with Gasteiger partial charge < -0.3 is 10.5 Å². The Morgan fingerprint density at radius 3 is 2.75 bits per heavy atom. The van der Waals surface area contributed by atoms with Crippen LogP contribution in [0.4, 0.5) is 0 Å². The van der Waals surface area contributed by atoms with E-state index in [0.717, 1.165) is 17.7 Å². The summed E-state index contributed by atoms with van der Waals surface area (Å²) in [6.45, 7) is 0. The normalized spacial score (nSPS) is 18.4. The minimum atomic E-state index is -0.0962. The maximum Gasteiger partial charge on any atom is 0.123 e. The third kappa shape index (κ3) is 2.78. The molecule has 2 unspecified atom stereocenters. The molecule has 2 nitrogen and oxygen atoms in total. The molecule has 0 spiro atoms. The summed E-state index contributed by atoms with van der Waals surface area (Å²) < 4.78 is 5.91. The van der Waals surface area contributed by atoms with E-state index in [1.165, 1.54) is 5.56 Å². The molecule has 2 aromatic rings. The second kappa shape index (κ2) is 5.65. The van der Waals surface area contributed by atoms with Crippen molar-refractivity contribution in [2.45, 2.75) is 25.0 Å². The number of hydrogen-bond donors (Lipinski definition) is 1. The van der Waals surface area contributed by atoms with Crippen molar-refractivity contribution < 1.29 is 4.74 Å². The molecule has 104 valence electrons. The van der Waals surface area contributed by atoms with Crippen LogP contribution in [0.15, 0.2) is 42.5 Å². The van der Waals surface area contributed by atoms with Crippen LogP contribution in [0.25, 0.3) is 0 Å². The zero-order valence-electron chi connectivity index (χ0n) is 10.9. The van der Waals surface area contributed by atoms with E-state index >= 15 is 0 Å². The molecule has 0 fully saturated rings. The van der Waals surface area contributed by atoms with Crippen molar-refractivity contribution in [2.75, 3.05) is 0 Å². The third-order valence-electron chi connectivity index (χ3n) is 3.62. The zero-order chi connectivity index (χ0) is 14.1. The number of benzene rings is 2. The van der Waals surface area contributed by atoms with E-state index in [4.69, 9.17) is 33.7 Å². The van der Waals surface area contributed by atoms with Gasteiger partial charge in [0, 0.05) is 22.5 Å².